The minimum atomic E-state index is -1.00. The van der Waals surface area contributed by atoms with E-state index in [2.05, 4.69) is 5.32 Å². The van der Waals surface area contributed by atoms with Crippen LogP contribution in [-0.4, -0.2) is 54.4 Å². The molecule has 2 rings (SSSR count). The second kappa shape index (κ2) is 7.86. The molecule has 2 N–H and O–H groups in total. The van der Waals surface area contributed by atoms with Crippen molar-refractivity contribution in [3.8, 4) is 0 Å². The summed E-state index contributed by atoms with van der Waals surface area (Å²) in [5.41, 5.74) is 0.822. The van der Waals surface area contributed by atoms with Crippen molar-refractivity contribution in [1.29, 1.82) is 0 Å². The molecule has 1 aliphatic heterocycles. The quantitative estimate of drug-likeness (QED) is 0.868. The fourth-order valence-corrected chi connectivity index (χ4v) is 2.87. The van der Waals surface area contributed by atoms with Gasteiger partial charge in [0.1, 0.15) is 0 Å². The lowest BCUT2D eigenvalue weighted by Gasteiger charge is -2.27. The number of hydrogen-bond acceptors (Lipinski definition) is 3. The Hall–Kier alpha value is -1.50. The van der Waals surface area contributed by atoms with E-state index in [0.717, 1.165) is 5.56 Å². The summed E-state index contributed by atoms with van der Waals surface area (Å²) in [5.74, 6) is -0.420. The molecular weight excluding hydrogens is 343 g/mol. The zero-order valence-corrected chi connectivity index (χ0v) is 14.1. The molecule has 0 spiro atoms. The Morgan fingerprint density at radius 1 is 1.39 bits per heavy atom. The first-order valence-corrected chi connectivity index (χ1v) is 7.93. The first-order chi connectivity index (χ1) is 10.9. The maximum atomic E-state index is 11.3. The molecule has 1 aromatic carbocycles. The van der Waals surface area contributed by atoms with Gasteiger partial charge in [0.05, 0.1) is 22.8 Å². The highest BCUT2D eigenvalue weighted by Crippen LogP contribution is 2.31. The summed E-state index contributed by atoms with van der Waals surface area (Å²) in [6, 6.07) is 5.18. The first kappa shape index (κ1) is 17.8. The van der Waals surface area contributed by atoms with E-state index in [4.69, 9.17) is 27.9 Å². The molecule has 0 radical (unpaired) electrons. The zero-order valence-electron chi connectivity index (χ0n) is 12.6. The number of nitrogens with one attached hydrogen (secondary N) is 1. The summed E-state index contributed by atoms with van der Waals surface area (Å²) in [5, 5.41) is 12.8. The fourth-order valence-electron chi connectivity index (χ4n) is 2.56. The van der Waals surface area contributed by atoms with Crippen molar-refractivity contribution in [2.45, 2.75) is 18.9 Å². The van der Waals surface area contributed by atoms with Gasteiger partial charge in [-0.1, -0.05) is 29.3 Å². The fraction of sp³-hybridized carbons (Fsp3) is 0.467. The minimum Gasteiger partial charge on any atom is -0.465 e. The molecule has 2 atom stereocenters. The van der Waals surface area contributed by atoms with Gasteiger partial charge in [0.15, 0.2) is 0 Å². The van der Waals surface area contributed by atoms with E-state index >= 15 is 0 Å². The molecular formula is C15H18Cl2N2O4. The summed E-state index contributed by atoms with van der Waals surface area (Å²) in [6.45, 7) is 2.54. The maximum absolute atomic E-state index is 11.3. The van der Waals surface area contributed by atoms with Crippen LogP contribution in [0, 0.1) is 0 Å². The number of rotatable bonds is 3. The number of ether oxygens (including phenoxy) is 1. The number of benzene rings is 1. The normalized spacial score (nSPS) is 21.6. The Morgan fingerprint density at radius 3 is 2.74 bits per heavy atom. The molecule has 0 aromatic heterocycles. The Balaban J connectivity index is 2.29. The number of carboxylic acid groups (broad SMARTS) is 1. The summed E-state index contributed by atoms with van der Waals surface area (Å²) in [6.07, 6.45) is -1.35. The summed E-state index contributed by atoms with van der Waals surface area (Å²) in [4.78, 5) is 23.8. The van der Waals surface area contributed by atoms with Crippen LogP contribution in [0.2, 0.25) is 10.0 Å². The summed E-state index contributed by atoms with van der Waals surface area (Å²) < 4.78 is 5.78. The van der Waals surface area contributed by atoms with Crippen molar-refractivity contribution in [2.75, 3.05) is 26.2 Å². The average Bonchev–Trinajstić information content (AvgIpc) is 2.70. The topological polar surface area (TPSA) is 78.9 Å². The molecule has 1 aromatic rings. The standard InChI is InChI=1S/C15H18Cl2N2O4/c1-9(20)18-7-14-11(8-19(15(21)22)4-5-23-14)10-2-3-12(16)13(17)6-10/h2-3,6,11,14H,4-5,7-8H2,1H3,(H,18,20)(H,21,22). The van der Waals surface area contributed by atoms with Crippen LogP contribution in [-0.2, 0) is 9.53 Å². The number of halogens is 2. The third kappa shape index (κ3) is 4.73. The molecule has 0 saturated carbocycles. The molecule has 1 fully saturated rings. The van der Waals surface area contributed by atoms with Gasteiger partial charge in [-0.05, 0) is 17.7 Å². The van der Waals surface area contributed by atoms with Crippen molar-refractivity contribution >= 4 is 35.2 Å². The number of carbonyl (C=O) groups is 2. The maximum Gasteiger partial charge on any atom is 0.407 e. The Morgan fingerprint density at radius 2 is 2.13 bits per heavy atom. The van der Waals surface area contributed by atoms with E-state index < -0.39 is 6.09 Å². The third-order valence-corrected chi connectivity index (χ3v) is 4.49. The zero-order chi connectivity index (χ0) is 17.0. The molecule has 1 heterocycles. The average molecular weight is 361 g/mol. The van der Waals surface area contributed by atoms with Gasteiger partial charge in [-0.25, -0.2) is 4.79 Å². The van der Waals surface area contributed by atoms with Gasteiger partial charge in [-0.15, -0.1) is 0 Å². The van der Waals surface area contributed by atoms with E-state index in [1.54, 1.807) is 18.2 Å². The van der Waals surface area contributed by atoms with Crippen molar-refractivity contribution < 1.29 is 19.4 Å². The van der Waals surface area contributed by atoms with Crippen LogP contribution < -0.4 is 5.32 Å². The Kier molecular flexibility index (Phi) is 6.10. The van der Waals surface area contributed by atoms with Gasteiger partial charge < -0.3 is 20.1 Å². The SMILES string of the molecule is CC(=O)NCC1OCCN(C(=O)O)CC1c1ccc(Cl)c(Cl)c1. The van der Waals surface area contributed by atoms with E-state index in [9.17, 15) is 14.7 Å². The second-order valence-corrected chi connectivity index (χ2v) is 6.17. The second-order valence-electron chi connectivity index (χ2n) is 5.35. The van der Waals surface area contributed by atoms with Crippen LogP contribution in [0.3, 0.4) is 0 Å². The van der Waals surface area contributed by atoms with E-state index in [1.165, 1.54) is 11.8 Å². The molecule has 23 heavy (non-hydrogen) atoms. The molecule has 1 saturated heterocycles. The smallest absolute Gasteiger partial charge is 0.407 e. The number of nitrogens with zero attached hydrogens (tertiary/aromatic N) is 1. The lowest BCUT2D eigenvalue weighted by Crippen LogP contribution is -2.39. The Labute approximate surface area is 144 Å². The third-order valence-electron chi connectivity index (χ3n) is 3.75. The molecule has 1 aliphatic rings. The number of carbonyl (C=O) groups excluding carboxylic acids is 1. The van der Waals surface area contributed by atoms with Crippen LogP contribution in [0.1, 0.15) is 18.4 Å². The predicted octanol–water partition coefficient (Wildman–Crippen LogP) is 2.59. The molecule has 2 unspecified atom stereocenters. The number of hydrogen-bond donors (Lipinski definition) is 2. The van der Waals surface area contributed by atoms with Gasteiger partial charge in [-0.2, -0.15) is 0 Å². The molecule has 126 valence electrons. The van der Waals surface area contributed by atoms with Crippen molar-refractivity contribution in [3.63, 3.8) is 0 Å². The predicted molar refractivity (Wildman–Crippen MR) is 87.2 cm³/mol. The van der Waals surface area contributed by atoms with E-state index in [0.29, 0.717) is 16.6 Å². The van der Waals surface area contributed by atoms with Gasteiger partial charge in [0.2, 0.25) is 5.91 Å². The van der Waals surface area contributed by atoms with Crippen LogP contribution in [0.15, 0.2) is 18.2 Å². The molecule has 8 heteroatoms. The van der Waals surface area contributed by atoms with Gasteiger partial charge in [-0.3, -0.25) is 4.79 Å². The highest BCUT2D eigenvalue weighted by molar-refractivity contribution is 6.42. The van der Waals surface area contributed by atoms with Crippen molar-refractivity contribution in [1.82, 2.24) is 10.2 Å². The Bertz CT molecular complexity index is 597. The lowest BCUT2D eigenvalue weighted by atomic mass is 9.92. The highest BCUT2D eigenvalue weighted by Gasteiger charge is 2.31. The van der Waals surface area contributed by atoms with E-state index in [1.807, 2.05) is 0 Å². The van der Waals surface area contributed by atoms with Crippen molar-refractivity contribution in [3.05, 3.63) is 33.8 Å². The highest BCUT2D eigenvalue weighted by atomic mass is 35.5. The van der Waals surface area contributed by atoms with E-state index in [-0.39, 0.29) is 37.6 Å². The van der Waals surface area contributed by atoms with Crippen LogP contribution in [0.4, 0.5) is 4.79 Å². The first-order valence-electron chi connectivity index (χ1n) is 7.17. The van der Waals surface area contributed by atoms with Crippen LogP contribution in [0.5, 0.6) is 0 Å². The molecule has 0 aliphatic carbocycles. The van der Waals surface area contributed by atoms with Gasteiger partial charge in [0.25, 0.3) is 0 Å². The van der Waals surface area contributed by atoms with Crippen LogP contribution in [0.25, 0.3) is 0 Å². The molecule has 2 amide bonds. The molecule has 6 nitrogen and oxygen atoms in total. The van der Waals surface area contributed by atoms with Crippen molar-refractivity contribution in [2.24, 2.45) is 0 Å². The summed E-state index contributed by atoms with van der Waals surface area (Å²) in [7, 11) is 0. The van der Waals surface area contributed by atoms with Gasteiger partial charge >= 0.3 is 6.09 Å². The minimum absolute atomic E-state index is 0.166. The van der Waals surface area contributed by atoms with Crippen LogP contribution >= 0.6 is 23.2 Å². The molecule has 0 bridgehead atoms. The largest absolute Gasteiger partial charge is 0.465 e. The number of amides is 2. The van der Waals surface area contributed by atoms with Gasteiger partial charge in [0, 0.05) is 32.5 Å². The monoisotopic (exact) mass is 360 g/mol. The summed E-state index contributed by atoms with van der Waals surface area (Å²) >= 11 is 12.0. The lowest BCUT2D eigenvalue weighted by molar-refractivity contribution is -0.119.